The van der Waals surface area contributed by atoms with Gasteiger partial charge in [0.25, 0.3) is 0 Å². The molecule has 0 saturated heterocycles. The van der Waals surface area contributed by atoms with Crippen LogP contribution in [0.4, 0.5) is 9.18 Å². The molecule has 1 aliphatic rings. The van der Waals surface area contributed by atoms with E-state index >= 15 is 0 Å². The number of amides is 1. The van der Waals surface area contributed by atoms with Crippen LogP contribution in [0.5, 0.6) is 0 Å². The summed E-state index contributed by atoms with van der Waals surface area (Å²) in [7, 11) is 0. The molecule has 0 heterocycles. The Kier molecular flexibility index (Phi) is 7.44. The number of aryl methyl sites for hydroxylation is 1. The molecular formula is C21H33FN2O2. The summed E-state index contributed by atoms with van der Waals surface area (Å²) >= 11 is 0. The molecule has 1 aliphatic carbocycles. The molecule has 1 fully saturated rings. The number of benzene rings is 1. The standard InChI is InChI=1S/C21H33FN2O2/c1-21(2,3)26-20(25)24(15-17-8-4-5-9-19(17)23)14-6-7-16-10-12-18(22)13-11-16/h10-13,17,19H,4-9,14-15,23H2,1-3H3/t17-,19+/m0/s1. The first-order valence-corrected chi connectivity index (χ1v) is 9.72. The first-order chi connectivity index (χ1) is 12.2. The summed E-state index contributed by atoms with van der Waals surface area (Å²) in [6.45, 7) is 6.92. The zero-order chi connectivity index (χ0) is 19.2. The highest BCUT2D eigenvalue weighted by molar-refractivity contribution is 5.68. The summed E-state index contributed by atoms with van der Waals surface area (Å²) in [5, 5.41) is 0. The number of halogens is 1. The molecule has 1 aromatic rings. The van der Waals surface area contributed by atoms with Crippen molar-refractivity contribution >= 4 is 6.09 Å². The Hall–Kier alpha value is -1.62. The predicted octanol–water partition coefficient (Wildman–Crippen LogP) is 4.51. The van der Waals surface area contributed by atoms with Crippen molar-refractivity contribution in [3.8, 4) is 0 Å². The van der Waals surface area contributed by atoms with Gasteiger partial charge < -0.3 is 15.4 Å². The first-order valence-electron chi connectivity index (χ1n) is 9.72. The van der Waals surface area contributed by atoms with Crippen LogP contribution in [0, 0.1) is 11.7 Å². The molecule has 0 radical (unpaired) electrons. The number of carbonyl (C=O) groups excluding carboxylic acids is 1. The van der Waals surface area contributed by atoms with Crippen molar-refractivity contribution in [2.24, 2.45) is 11.7 Å². The molecule has 0 aromatic heterocycles. The third kappa shape index (κ3) is 6.94. The van der Waals surface area contributed by atoms with Gasteiger partial charge in [-0.1, -0.05) is 25.0 Å². The van der Waals surface area contributed by atoms with Gasteiger partial charge in [0.15, 0.2) is 0 Å². The molecule has 0 unspecified atom stereocenters. The number of rotatable bonds is 6. The Morgan fingerprint density at radius 2 is 1.88 bits per heavy atom. The molecule has 2 rings (SSSR count). The van der Waals surface area contributed by atoms with Crippen LogP contribution in [0.2, 0.25) is 0 Å². The van der Waals surface area contributed by atoms with Gasteiger partial charge in [0.05, 0.1) is 0 Å². The summed E-state index contributed by atoms with van der Waals surface area (Å²) in [6, 6.07) is 6.70. The summed E-state index contributed by atoms with van der Waals surface area (Å²) in [4.78, 5) is 14.4. The van der Waals surface area contributed by atoms with Crippen LogP contribution >= 0.6 is 0 Å². The largest absolute Gasteiger partial charge is 0.444 e. The fourth-order valence-electron chi connectivity index (χ4n) is 3.45. The highest BCUT2D eigenvalue weighted by Crippen LogP contribution is 2.24. The van der Waals surface area contributed by atoms with Crippen LogP contribution in [0.25, 0.3) is 0 Å². The number of nitrogens with two attached hydrogens (primary N) is 1. The van der Waals surface area contributed by atoms with Gasteiger partial charge in [-0.2, -0.15) is 0 Å². The second-order valence-corrected chi connectivity index (χ2v) is 8.36. The lowest BCUT2D eigenvalue weighted by atomic mass is 9.85. The van der Waals surface area contributed by atoms with Gasteiger partial charge in [-0.15, -0.1) is 0 Å². The Labute approximate surface area is 156 Å². The molecule has 4 nitrogen and oxygen atoms in total. The van der Waals surface area contributed by atoms with E-state index in [9.17, 15) is 9.18 Å². The fraction of sp³-hybridized carbons (Fsp3) is 0.667. The molecular weight excluding hydrogens is 331 g/mol. The Balaban J connectivity index is 1.94. The maximum absolute atomic E-state index is 13.0. The van der Waals surface area contributed by atoms with Crippen molar-refractivity contribution in [1.29, 1.82) is 0 Å². The lowest BCUT2D eigenvalue weighted by molar-refractivity contribution is 0.0198. The zero-order valence-electron chi connectivity index (χ0n) is 16.3. The van der Waals surface area contributed by atoms with Gasteiger partial charge in [-0.25, -0.2) is 9.18 Å². The Morgan fingerprint density at radius 3 is 2.50 bits per heavy atom. The number of hydrogen-bond donors (Lipinski definition) is 1. The van der Waals surface area contributed by atoms with E-state index in [2.05, 4.69) is 0 Å². The van der Waals surface area contributed by atoms with Crippen molar-refractivity contribution in [3.63, 3.8) is 0 Å². The van der Waals surface area contributed by atoms with E-state index < -0.39 is 5.60 Å². The SMILES string of the molecule is CC(C)(C)OC(=O)N(CCCc1ccc(F)cc1)C[C@@H]1CCCC[C@H]1N. The van der Waals surface area contributed by atoms with Gasteiger partial charge >= 0.3 is 6.09 Å². The summed E-state index contributed by atoms with van der Waals surface area (Å²) < 4.78 is 18.6. The highest BCUT2D eigenvalue weighted by Gasteiger charge is 2.28. The second kappa shape index (κ2) is 9.36. The number of nitrogens with zero attached hydrogens (tertiary/aromatic N) is 1. The number of hydrogen-bond acceptors (Lipinski definition) is 3. The lowest BCUT2D eigenvalue weighted by Crippen LogP contribution is -2.45. The van der Waals surface area contributed by atoms with Crippen molar-refractivity contribution in [1.82, 2.24) is 4.90 Å². The van der Waals surface area contributed by atoms with E-state index in [0.29, 0.717) is 19.0 Å². The predicted molar refractivity (Wildman–Crippen MR) is 102 cm³/mol. The van der Waals surface area contributed by atoms with Crippen LogP contribution < -0.4 is 5.73 Å². The van der Waals surface area contributed by atoms with Crippen LogP contribution in [-0.4, -0.2) is 35.7 Å². The van der Waals surface area contributed by atoms with Crippen LogP contribution in [0.3, 0.4) is 0 Å². The van der Waals surface area contributed by atoms with Gasteiger partial charge in [-0.05, 0) is 70.1 Å². The van der Waals surface area contributed by atoms with E-state index in [1.807, 2.05) is 25.7 Å². The Morgan fingerprint density at radius 1 is 1.23 bits per heavy atom. The van der Waals surface area contributed by atoms with E-state index in [1.54, 1.807) is 12.1 Å². The third-order valence-corrected chi connectivity index (χ3v) is 4.88. The number of carbonyl (C=O) groups is 1. The molecule has 146 valence electrons. The molecule has 5 heteroatoms. The number of ether oxygens (including phenoxy) is 1. The Bertz CT molecular complexity index is 568. The maximum Gasteiger partial charge on any atom is 0.410 e. The summed E-state index contributed by atoms with van der Waals surface area (Å²) in [6.07, 6.45) is 5.80. The highest BCUT2D eigenvalue weighted by atomic mass is 19.1. The maximum atomic E-state index is 13.0. The van der Waals surface area contributed by atoms with Crippen LogP contribution in [-0.2, 0) is 11.2 Å². The molecule has 0 spiro atoms. The normalized spacial score (nSPS) is 20.7. The molecule has 0 aliphatic heterocycles. The fourth-order valence-corrected chi connectivity index (χ4v) is 3.45. The van der Waals surface area contributed by atoms with E-state index in [0.717, 1.165) is 31.2 Å². The second-order valence-electron chi connectivity index (χ2n) is 8.36. The minimum Gasteiger partial charge on any atom is -0.444 e. The molecule has 0 bridgehead atoms. The monoisotopic (exact) mass is 364 g/mol. The van der Waals surface area contributed by atoms with Crippen molar-refractivity contribution in [2.45, 2.75) is 70.9 Å². The van der Waals surface area contributed by atoms with Gasteiger partial charge in [0, 0.05) is 19.1 Å². The zero-order valence-corrected chi connectivity index (χ0v) is 16.3. The molecule has 1 saturated carbocycles. The molecule has 2 atom stereocenters. The smallest absolute Gasteiger partial charge is 0.410 e. The quantitative estimate of drug-likeness (QED) is 0.808. The molecule has 2 N–H and O–H groups in total. The van der Waals surface area contributed by atoms with Gasteiger partial charge in [-0.3, -0.25) is 0 Å². The minimum absolute atomic E-state index is 0.158. The van der Waals surface area contributed by atoms with Crippen molar-refractivity contribution in [2.75, 3.05) is 13.1 Å². The van der Waals surface area contributed by atoms with E-state index in [-0.39, 0.29) is 18.0 Å². The molecule has 1 aromatic carbocycles. The lowest BCUT2D eigenvalue weighted by Gasteiger charge is -2.34. The third-order valence-electron chi connectivity index (χ3n) is 4.88. The topological polar surface area (TPSA) is 55.6 Å². The molecule has 1 amide bonds. The molecule has 26 heavy (non-hydrogen) atoms. The average molecular weight is 365 g/mol. The average Bonchev–Trinajstić information content (AvgIpc) is 2.56. The van der Waals surface area contributed by atoms with Gasteiger partial charge in [0.2, 0.25) is 0 Å². The van der Waals surface area contributed by atoms with Crippen LogP contribution in [0.15, 0.2) is 24.3 Å². The minimum atomic E-state index is -0.513. The van der Waals surface area contributed by atoms with Crippen LogP contribution in [0.1, 0.15) is 58.4 Å². The van der Waals surface area contributed by atoms with E-state index in [4.69, 9.17) is 10.5 Å². The van der Waals surface area contributed by atoms with E-state index in [1.165, 1.54) is 25.0 Å². The summed E-state index contributed by atoms with van der Waals surface area (Å²) in [5.41, 5.74) is 6.84. The van der Waals surface area contributed by atoms with Crippen molar-refractivity contribution < 1.29 is 13.9 Å². The van der Waals surface area contributed by atoms with Crippen molar-refractivity contribution in [3.05, 3.63) is 35.6 Å². The van der Waals surface area contributed by atoms with Gasteiger partial charge in [0.1, 0.15) is 11.4 Å². The summed E-state index contributed by atoms with van der Waals surface area (Å²) in [5.74, 6) is 0.109. The first kappa shape index (κ1) is 20.7.